The van der Waals surface area contributed by atoms with Crippen LogP contribution in [0, 0.1) is 34.0 Å². The lowest BCUT2D eigenvalue weighted by atomic mass is 9.93. The lowest BCUT2D eigenvalue weighted by molar-refractivity contribution is -0.137. The molecule has 0 aromatic heterocycles. The van der Waals surface area contributed by atoms with Crippen LogP contribution < -0.4 is 5.73 Å². The van der Waals surface area contributed by atoms with Crippen molar-refractivity contribution >= 4 is 17.7 Å². The maximum absolute atomic E-state index is 11.6. The fraction of sp³-hybridized carbons (Fsp3) is 0.176. The predicted molar refractivity (Wildman–Crippen MR) is 88.8 cm³/mol. The molecule has 0 bridgehead atoms. The molecule has 1 aliphatic heterocycles. The second-order valence-electron chi connectivity index (χ2n) is 4.77. The summed E-state index contributed by atoms with van der Waals surface area (Å²) in [6.45, 7) is 0. The third-order valence-electron chi connectivity index (χ3n) is 3.44. The molecule has 1 aliphatic rings. The van der Waals surface area contributed by atoms with E-state index in [1.54, 1.807) is 42.5 Å². The lowest BCUT2D eigenvalue weighted by Gasteiger charge is -2.30. The van der Waals surface area contributed by atoms with E-state index in [0.717, 1.165) is 11.8 Å². The van der Waals surface area contributed by atoms with Crippen LogP contribution in [0.4, 0.5) is 0 Å². The number of allylic oxidation sites excluding steroid dienone is 1. The van der Waals surface area contributed by atoms with Crippen LogP contribution in [0.2, 0.25) is 0 Å². The molecule has 7 nitrogen and oxygen atoms in total. The molecular weight excluding hydrogens is 340 g/mol. The topological polar surface area (TPSA) is 133 Å². The van der Waals surface area contributed by atoms with Gasteiger partial charge in [0.2, 0.25) is 10.8 Å². The van der Waals surface area contributed by atoms with E-state index in [9.17, 15) is 20.6 Å². The number of carbonyl (C=O) groups excluding carboxylic acids is 1. The summed E-state index contributed by atoms with van der Waals surface area (Å²) in [4.78, 5) is 10.2. The molecule has 0 saturated heterocycles. The molecule has 1 heterocycles. The second-order valence-corrected chi connectivity index (χ2v) is 5.93. The van der Waals surface area contributed by atoms with E-state index < -0.39 is 10.9 Å². The fourth-order valence-corrected chi connectivity index (χ4v) is 3.59. The third kappa shape index (κ3) is 3.14. The van der Waals surface area contributed by atoms with Crippen LogP contribution in [0.15, 0.2) is 52.9 Å². The second kappa shape index (κ2) is 7.44. The molecule has 0 saturated carbocycles. The zero-order chi connectivity index (χ0) is 18.4. The van der Waals surface area contributed by atoms with Gasteiger partial charge in [0, 0.05) is 5.56 Å². The molecule has 124 valence electrons. The van der Waals surface area contributed by atoms with Crippen molar-refractivity contribution in [2.75, 3.05) is 12.9 Å². The number of nitriles is 3. The van der Waals surface area contributed by atoms with Gasteiger partial charge >= 0.3 is 5.97 Å². The Bertz CT molecular complexity index is 871. The number of rotatable bonds is 4. The van der Waals surface area contributed by atoms with Gasteiger partial charge in [-0.05, 0) is 0 Å². The summed E-state index contributed by atoms with van der Waals surface area (Å²) in [5.74, 6) is -0.866. The van der Waals surface area contributed by atoms with Crippen LogP contribution in [0.5, 0.6) is 0 Å². The average Bonchev–Trinajstić information content (AvgIpc) is 2.94. The molecule has 0 fully saturated rings. The lowest BCUT2D eigenvalue weighted by Crippen LogP contribution is -2.28. The van der Waals surface area contributed by atoms with Crippen molar-refractivity contribution in [3.8, 4) is 18.2 Å². The predicted octanol–water partition coefficient (Wildman–Crippen LogP) is 1.81. The van der Waals surface area contributed by atoms with E-state index in [1.165, 1.54) is 7.11 Å². The highest BCUT2D eigenvalue weighted by molar-refractivity contribution is 8.00. The van der Waals surface area contributed by atoms with Gasteiger partial charge in [-0.15, -0.1) is 0 Å². The summed E-state index contributed by atoms with van der Waals surface area (Å²) >= 11 is 0.978. The summed E-state index contributed by atoms with van der Waals surface area (Å²) in [5.41, 5.74) is 6.00. The van der Waals surface area contributed by atoms with Crippen LogP contribution >= 0.6 is 11.8 Å². The van der Waals surface area contributed by atoms with Crippen LogP contribution in [0.1, 0.15) is 5.56 Å². The van der Waals surface area contributed by atoms with Crippen LogP contribution in [0.3, 0.4) is 0 Å². The van der Waals surface area contributed by atoms with Gasteiger partial charge < -0.3 is 15.2 Å². The van der Waals surface area contributed by atoms with Crippen molar-refractivity contribution in [2.24, 2.45) is 5.73 Å². The minimum atomic E-state index is -1.47. The molecule has 1 aromatic rings. The minimum Gasteiger partial charge on any atom is -0.468 e. The number of thioether (sulfide) groups is 1. The highest BCUT2D eigenvalue weighted by Gasteiger charge is 2.50. The Morgan fingerprint density at radius 2 is 1.92 bits per heavy atom. The van der Waals surface area contributed by atoms with Crippen LogP contribution in [-0.2, 0) is 19.2 Å². The van der Waals surface area contributed by atoms with Gasteiger partial charge in [-0.3, -0.25) is 4.79 Å². The Hall–Kier alpha value is -3.41. The highest BCUT2D eigenvalue weighted by atomic mass is 32.2. The largest absolute Gasteiger partial charge is 0.468 e. The van der Waals surface area contributed by atoms with Crippen LogP contribution in [-0.4, -0.2) is 18.8 Å². The average molecular weight is 352 g/mol. The number of benzene rings is 1. The molecule has 0 amide bonds. The highest BCUT2D eigenvalue weighted by Crippen LogP contribution is 2.53. The smallest absolute Gasteiger partial charge is 0.315 e. The molecule has 1 unspecified atom stereocenters. The normalized spacial score (nSPS) is 18.6. The van der Waals surface area contributed by atoms with Gasteiger partial charge in [-0.1, -0.05) is 42.1 Å². The van der Waals surface area contributed by atoms with E-state index in [0.29, 0.717) is 5.56 Å². The maximum atomic E-state index is 11.6. The number of nitrogens with zero attached hydrogens (tertiary/aromatic N) is 3. The SMILES string of the molecule is COC(=O)CSC1(c2ccccc2)OC(N)=C(C#N)C1=C(C#N)C#N. The summed E-state index contributed by atoms with van der Waals surface area (Å²) in [7, 11) is 1.24. The summed E-state index contributed by atoms with van der Waals surface area (Å²) in [6, 6.07) is 14.1. The molecule has 0 aliphatic carbocycles. The number of nitrogens with two attached hydrogens (primary N) is 1. The summed E-state index contributed by atoms with van der Waals surface area (Å²) < 4.78 is 10.4. The van der Waals surface area contributed by atoms with E-state index >= 15 is 0 Å². The molecule has 2 rings (SSSR count). The van der Waals surface area contributed by atoms with Gasteiger partial charge in [-0.25, -0.2) is 0 Å². The molecule has 8 heteroatoms. The number of esters is 1. The number of hydrogen-bond donors (Lipinski definition) is 1. The standard InChI is InChI=1S/C17H12N4O3S/c1-23-14(22)10-25-17(12-5-3-2-4-6-12)15(11(7-18)8-19)13(9-20)16(21)24-17/h2-6H,10,21H2,1H3. The van der Waals surface area contributed by atoms with Gasteiger partial charge in [0.1, 0.15) is 29.4 Å². The van der Waals surface area contributed by atoms with Crippen molar-refractivity contribution in [3.05, 3.63) is 58.5 Å². The Balaban J connectivity index is 2.73. The van der Waals surface area contributed by atoms with E-state index in [-0.39, 0.29) is 28.4 Å². The molecule has 0 spiro atoms. The molecule has 0 radical (unpaired) electrons. The summed E-state index contributed by atoms with van der Waals surface area (Å²) in [5, 5.41) is 28.1. The first kappa shape index (κ1) is 17.9. The zero-order valence-corrected chi connectivity index (χ0v) is 14.0. The first-order valence-electron chi connectivity index (χ1n) is 6.94. The number of carbonyl (C=O) groups is 1. The van der Waals surface area contributed by atoms with Crippen molar-refractivity contribution in [1.29, 1.82) is 15.8 Å². The Labute approximate surface area is 148 Å². The third-order valence-corrected chi connectivity index (χ3v) is 4.75. The quantitative estimate of drug-likeness (QED) is 0.640. The molecule has 1 aromatic carbocycles. The first-order chi connectivity index (χ1) is 12.0. The summed E-state index contributed by atoms with van der Waals surface area (Å²) in [6.07, 6.45) is 0. The van der Waals surface area contributed by atoms with Gasteiger partial charge in [0.15, 0.2) is 0 Å². The van der Waals surface area contributed by atoms with Crippen LogP contribution in [0.25, 0.3) is 0 Å². The Morgan fingerprint density at radius 3 is 2.44 bits per heavy atom. The first-order valence-corrected chi connectivity index (χ1v) is 7.93. The van der Waals surface area contributed by atoms with E-state index in [1.807, 2.05) is 6.07 Å². The fourth-order valence-electron chi connectivity index (χ4n) is 2.35. The van der Waals surface area contributed by atoms with Gasteiger partial charge in [0.05, 0.1) is 18.4 Å². The molecule has 2 N–H and O–H groups in total. The molecule has 25 heavy (non-hydrogen) atoms. The molecule has 1 atom stereocenters. The van der Waals surface area contributed by atoms with E-state index in [2.05, 4.69) is 4.74 Å². The maximum Gasteiger partial charge on any atom is 0.315 e. The van der Waals surface area contributed by atoms with E-state index in [4.69, 9.17) is 10.5 Å². The number of methoxy groups -OCH3 is 1. The number of hydrogen-bond acceptors (Lipinski definition) is 8. The Morgan fingerprint density at radius 1 is 1.28 bits per heavy atom. The van der Waals surface area contributed by atoms with Crippen molar-refractivity contribution in [1.82, 2.24) is 0 Å². The molecular formula is C17H12N4O3S. The van der Waals surface area contributed by atoms with Gasteiger partial charge in [-0.2, -0.15) is 15.8 Å². The Kier molecular flexibility index (Phi) is 5.34. The van der Waals surface area contributed by atoms with Crippen molar-refractivity contribution in [3.63, 3.8) is 0 Å². The monoisotopic (exact) mass is 352 g/mol. The zero-order valence-electron chi connectivity index (χ0n) is 13.1. The van der Waals surface area contributed by atoms with Crippen molar-refractivity contribution < 1.29 is 14.3 Å². The minimum absolute atomic E-state index is 0.0394. The number of ether oxygens (including phenoxy) is 2. The van der Waals surface area contributed by atoms with Gasteiger partial charge in [0.25, 0.3) is 0 Å². The van der Waals surface area contributed by atoms with Crippen molar-refractivity contribution in [2.45, 2.75) is 4.93 Å².